The van der Waals surface area contributed by atoms with E-state index in [0.717, 1.165) is 12.5 Å². The molecule has 2 rings (SSSR count). The highest BCUT2D eigenvalue weighted by Crippen LogP contribution is 2.28. The molecule has 3 nitrogen and oxygen atoms in total. The summed E-state index contributed by atoms with van der Waals surface area (Å²) in [5.41, 5.74) is 0. The molecule has 0 radical (unpaired) electrons. The van der Waals surface area contributed by atoms with Crippen LogP contribution in [0.2, 0.25) is 10.0 Å². The third-order valence-electron chi connectivity index (χ3n) is 2.84. The van der Waals surface area contributed by atoms with Crippen molar-refractivity contribution < 1.29 is 9.84 Å². The molecule has 1 fully saturated rings. The van der Waals surface area contributed by atoms with Gasteiger partial charge in [0.15, 0.2) is 0 Å². The van der Waals surface area contributed by atoms with Gasteiger partial charge in [0.25, 0.3) is 0 Å². The molecule has 18 heavy (non-hydrogen) atoms. The van der Waals surface area contributed by atoms with Crippen molar-refractivity contribution in [1.29, 1.82) is 0 Å². The van der Waals surface area contributed by atoms with Crippen molar-refractivity contribution >= 4 is 23.2 Å². The number of hydrogen-bond acceptors (Lipinski definition) is 3. The van der Waals surface area contributed by atoms with E-state index < -0.39 is 6.10 Å². The first-order valence-corrected chi connectivity index (χ1v) is 6.87. The Kier molecular flexibility index (Phi) is 5.13. The summed E-state index contributed by atoms with van der Waals surface area (Å²) in [5, 5.41) is 14.0. The average Bonchev–Trinajstić information content (AvgIpc) is 3.12. The molecule has 0 heterocycles. The topological polar surface area (TPSA) is 41.5 Å². The van der Waals surface area contributed by atoms with Crippen LogP contribution >= 0.6 is 23.2 Å². The number of rotatable bonds is 7. The van der Waals surface area contributed by atoms with E-state index in [1.54, 1.807) is 18.2 Å². The van der Waals surface area contributed by atoms with Gasteiger partial charge in [-0.05, 0) is 43.5 Å². The van der Waals surface area contributed by atoms with Crippen LogP contribution in [0.5, 0.6) is 5.75 Å². The second-order valence-electron chi connectivity index (χ2n) is 4.64. The summed E-state index contributed by atoms with van der Waals surface area (Å²) < 4.78 is 5.45. The number of aliphatic hydroxyl groups is 1. The van der Waals surface area contributed by atoms with Gasteiger partial charge in [-0.15, -0.1) is 0 Å². The molecule has 0 saturated heterocycles. The molecule has 1 saturated carbocycles. The Balaban J connectivity index is 1.68. The van der Waals surface area contributed by atoms with Crippen LogP contribution in [-0.2, 0) is 0 Å². The summed E-state index contributed by atoms with van der Waals surface area (Å²) in [4.78, 5) is 0. The highest BCUT2D eigenvalue weighted by atomic mass is 35.5. The van der Waals surface area contributed by atoms with E-state index >= 15 is 0 Å². The molecule has 5 heteroatoms. The minimum atomic E-state index is -0.532. The smallest absolute Gasteiger partial charge is 0.138 e. The van der Waals surface area contributed by atoms with Crippen LogP contribution in [0.15, 0.2) is 18.2 Å². The highest BCUT2D eigenvalue weighted by Gasteiger charge is 2.20. The van der Waals surface area contributed by atoms with Crippen molar-refractivity contribution in [1.82, 2.24) is 5.32 Å². The van der Waals surface area contributed by atoms with Gasteiger partial charge < -0.3 is 15.2 Å². The van der Waals surface area contributed by atoms with E-state index in [0.29, 0.717) is 22.3 Å². The van der Waals surface area contributed by atoms with E-state index in [2.05, 4.69) is 5.32 Å². The van der Waals surface area contributed by atoms with Crippen molar-refractivity contribution in [2.24, 2.45) is 5.92 Å². The summed E-state index contributed by atoms with van der Waals surface area (Å²) in [6.07, 6.45) is 2.08. The van der Waals surface area contributed by atoms with Crippen LogP contribution in [0.1, 0.15) is 12.8 Å². The molecule has 1 aromatic rings. The molecule has 1 aliphatic rings. The van der Waals surface area contributed by atoms with E-state index in [9.17, 15) is 5.11 Å². The van der Waals surface area contributed by atoms with Gasteiger partial charge in [0.1, 0.15) is 18.5 Å². The summed E-state index contributed by atoms with van der Waals surface area (Å²) in [5.74, 6) is 1.35. The molecular weight excluding hydrogens is 273 g/mol. The van der Waals surface area contributed by atoms with E-state index in [4.69, 9.17) is 27.9 Å². The quantitative estimate of drug-likeness (QED) is 0.811. The second-order valence-corrected chi connectivity index (χ2v) is 5.48. The fraction of sp³-hybridized carbons (Fsp3) is 0.538. The molecular formula is C13H17Cl2NO2. The number of ether oxygens (including phenoxy) is 1. The molecule has 100 valence electrons. The Morgan fingerprint density at radius 3 is 2.83 bits per heavy atom. The van der Waals surface area contributed by atoms with Gasteiger partial charge in [-0.1, -0.05) is 23.2 Å². The highest BCUT2D eigenvalue weighted by molar-refractivity contribution is 6.35. The molecule has 0 bridgehead atoms. The lowest BCUT2D eigenvalue weighted by Gasteiger charge is -2.14. The van der Waals surface area contributed by atoms with Crippen molar-refractivity contribution in [2.75, 3.05) is 19.7 Å². The van der Waals surface area contributed by atoms with Gasteiger partial charge >= 0.3 is 0 Å². The first kappa shape index (κ1) is 13.9. The van der Waals surface area contributed by atoms with Crippen LogP contribution in [0, 0.1) is 5.92 Å². The first-order chi connectivity index (χ1) is 8.65. The third-order valence-corrected chi connectivity index (χ3v) is 3.37. The lowest BCUT2D eigenvalue weighted by molar-refractivity contribution is 0.106. The Labute approximate surface area is 117 Å². The summed E-state index contributed by atoms with van der Waals surface area (Å²) in [6, 6.07) is 5.03. The number of nitrogens with one attached hydrogen (secondary N) is 1. The number of halogens is 2. The zero-order valence-electron chi connectivity index (χ0n) is 10.0. The lowest BCUT2D eigenvalue weighted by atomic mass is 10.3. The maximum Gasteiger partial charge on any atom is 0.138 e. The van der Waals surface area contributed by atoms with Crippen molar-refractivity contribution in [3.63, 3.8) is 0 Å². The van der Waals surface area contributed by atoms with Crippen LogP contribution in [0.3, 0.4) is 0 Å². The molecule has 1 aliphatic carbocycles. The van der Waals surface area contributed by atoms with Gasteiger partial charge in [-0.25, -0.2) is 0 Å². The predicted molar refractivity (Wildman–Crippen MR) is 73.6 cm³/mol. The van der Waals surface area contributed by atoms with Crippen molar-refractivity contribution in [2.45, 2.75) is 18.9 Å². The number of hydrogen-bond donors (Lipinski definition) is 2. The minimum absolute atomic E-state index is 0.221. The SMILES string of the molecule is OC(CNCC1CC1)COc1ccc(Cl)cc1Cl. The third kappa shape index (κ3) is 4.65. The maximum absolute atomic E-state index is 9.73. The van der Waals surface area contributed by atoms with E-state index in [-0.39, 0.29) is 6.61 Å². The molecule has 2 N–H and O–H groups in total. The Bertz CT molecular complexity index is 397. The zero-order chi connectivity index (χ0) is 13.0. The van der Waals surface area contributed by atoms with Crippen LogP contribution in [0.25, 0.3) is 0 Å². The summed E-state index contributed by atoms with van der Waals surface area (Å²) >= 11 is 11.7. The molecule has 0 amide bonds. The molecule has 0 aromatic heterocycles. The van der Waals surface area contributed by atoms with Gasteiger partial charge in [0.05, 0.1) is 5.02 Å². The summed E-state index contributed by atoms with van der Waals surface area (Å²) in [7, 11) is 0. The lowest BCUT2D eigenvalue weighted by Crippen LogP contribution is -2.32. The average molecular weight is 290 g/mol. The Morgan fingerprint density at radius 1 is 1.39 bits per heavy atom. The van der Waals surface area contributed by atoms with Gasteiger partial charge in [-0.3, -0.25) is 0 Å². The fourth-order valence-corrected chi connectivity index (χ4v) is 2.08. The zero-order valence-corrected chi connectivity index (χ0v) is 11.5. The Morgan fingerprint density at radius 2 is 2.17 bits per heavy atom. The van der Waals surface area contributed by atoms with Crippen LogP contribution < -0.4 is 10.1 Å². The standard InChI is InChI=1S/C13H17Cl2NO2/c14-10-3-4-13(12(15)5-10)18-8-11(17)7-16-6-9-1-2-9/h3-5,9,11,16-17H,1-2,6-8H2. The van der Waals surface area contributed by atoms with Crippen molar-refractivity contribution in [3.05, 3.63) is 28.2 Å². The molecule has 0 aliphatic heterocycles. The minimum Gasteiger partial charge on any atom is -0.489 e. The normalized spacial score (nSPS) is 16.6. The van der Waals surface area contributed by atoms with Crippen LogP contribution in [-0.4, -0.2) is 30.9 Å². The maximum atomic E-state index is 9.73. The predicted octanol–water partition coefficient (Wildman–Crippen LogP) is 2.73. The fourth-order valence-electron chi connectivity index (χ4n) is 1.61. The number of aliphatic hydroxyl groups excluding tert-OH is 1. The van der Waals surface area contributed by atoms with Crippen molar-refractivity contribution in [3.8, 4) is 5.75 Å². The van der Waals surface area contributed by atoms with Gasteiger partial charge in [0.2, 0.25) is 0 Å². The van der Waals surface area contributed by atoms with E-state index in [1.807, 2.05) is 0 Å². The Hall–Kier alpha value is -0.480. The summed E-state index contributed by atoms with van der Waals surface area (Å²) in [6.45, 7) is 1.75. The van der Waals surface area contributed by atoms with Crippen LogP contribution in [0.4, 0.5) is 0 Å². The van der Waals surface area contributed by atoms with Gasteiger partial charge in [0, 0.05) is 11.6 Å². The molecule has 1 aromatic carbocycles. The molecule has 1 atom stereocenters. The second kappa shape index (κ2) is 6.62. The molecule has 1 unspecified atom stereocenters. The largest absolute Gasteiger partial charge is 0.489 e. The number of benzene rings is 1. The van der Waals surface area contributed by atoms with Gasteiger partial charge in [-0.2, -0.15) is 0 Å². The monoisotopic (exact) mass is 289 g/mol. The van der Waals surface area contributed by atoms with E-state index in [1.165, 1.54) is 12.8 Å². The molecule has 0 spiro atoms. The first-order valence-electron chi connectivity index (χ1n) is 6.12.